The van der Waals surface area contributed by atoms with Crippen LogP contribution in [0.25, 0.3) is 6.08 Å². The highest BCUT2D eigenvalue weighted by atomic mass is 79.9. The average Bonchev–Trinajstić information content (AvgIpc) is 2.69. The van der Waals surface area contributed by atoms with Gasteiger partial charge in [0.15, 0.2) is 11.5 Å². The highest BCUT2D eigenvalue weighted by Crippen LogP contribution is 2.35. The van der Waals surface area contributed by atoms with Crippen molar-refractivity contribution in [2.24, 2.45) is 0 Å². The number of amides is 4. The maximum atomic E-state index is 13.1. The Hall–Kier alpha value is -2.65. The minimum Gasteiger partial charge on any atom is -0.493 e. The van der Waals surface area contributed by atoms with E-state index in [-0.39, 0.29) is 5.57 Å². The molecule has 2 aromatic rings. The lowest BCUT2D eigenvalue weighted by Crippen LogP contribution is -2.54. The zero-order valence-electron chi connectivity index (χ0n) is 16.4. The van der Waals surface area contributed by atoms with Crippen molar-refractivity contribution in [2.45, 2.75) is 13.8 Å². The summed E-state index contributed by atoms with van der Waals surface area (Å²) < 4.78 is 12.3. The van der Waals surface area contributed by atoms with Crippen LogP contribution in [-0.2, 0) is 9.59 Å². The van der Waals surface area contributed by atoms with Gasteiger partial charge in [0.1, 0.15) is 5.57 Å². The van der Waals surface area contributed by atoms with E-state index < -0.39 is 17.8 Å². The summed E-state index contributed by atoms with van der Waals surface area (Å²) in [6.45, 7) is 4.09. The summed E-state index contributed by atoms with van der Waals surface area (Å²) in [7, 11) is 1.52. The van der Waals surface area contributed by atoms with Gasteiger partial charge in [0.25, 0.3) is 11.8 Å². The van der Waals surface area contributed by atoms with Crippen molar-refractivity contribution in [1.82, 2.24) is 5.32 Å². The van der Waals surface area contributed by atoms with E-state index >= 15 is 0 Å². The molecule has 1 saturated heterocycles. The van der Waals surface area contributed by atoms with Gasteiger partial charge in [0.2, 0.25) is 0 Å². The Balaban J connectivity index is 2.06. The SMILES string of the molecule is CCOc1cc(/C=C2\C(=O)NC(=O)N(c3ccc(Br)c(C)c3)C2=O)c(Br)cc1OC. The molecule has 1 N–H and O–H groups in total. The molecule has 2 aromatic carbocycles. The number of carbonyl (C=O) groups is 3. The molecule has 1 aliphatic heterocycles. The number of imide groups is 2. The Morgan fingerprint density at radius 3 is 2.43 bits per heavy atom. The van der Waals surface area contributed by atoms with Crippen LogP contribution in [0.3, 0.4) is 0 Å². The van der Waals surface area contributed by atoms with Crippen molar-refractivity contribution in [2.75, 3.05) is 18.6 Å². The Morgan fingerprint density at radius 2 is 1.80 bits per heavy atom. The number of hydrogen-bond donors (Lipinski definition) is 1. The highest BCUT2D eigenvalue weighted by molar-refractivity contribution is 9.10. The number of carbonyl (C=O) groups excluding carboxylic acids is 3. The monoisotopic (exact) mass is 536 g/mol. The Kier molecular flexibility index (Phi) is 6.62. The number of nitrogens with zero attached hydrogens (tertiary/aromatic N) is 1. The van der Waals surface area contributed by atoms with Crippen LogP contribution in [0.4, 0.5) is 10.5 Å². The molecule has 156 valence electrons. The van der Waals surface area contributed by atoms with Gasteiger partial charge in [-0.05, 0) is 61.4 Å². The average molecular weight is 538 g/mol. The van der Waals surface area contributed by atoms with Crippen LogP contribution >= 0.6 is 31.9 Å². The second-order valence-electron chi connectivity index (χ2n) is 6.35. The fourth-order valence-corrected chi connectivity index (χ4v) is 3.59. The van der Waals surface area contributed by atoms with Crippen LogP contribution in [0.2, 0.25) is 0 Å². The fourth-order valence-electron chi connectivity index (χ4n) is 2.90. The number of urea groups is 1. The van der Waals surface area contributed by atoms with E-state index in [1.807, 2.05) is 13.8 Å². The summed E-state index contributed by atoms with van der Waals surface area (Å²) in [4.78, 5) is 38.8. The van der Waals surface area contributed by atoms with Crippen molar-refractivity contribution in [3.8, 4) is 11.5 Å². The predicted octanol–water partition coefficient (Wildman–Crippen LogP) is 4.59. The molecule has 1 aliphatic rings. The van der Waals surface area contributed by atoms with Crippen LogP contribution in [0.1, 0.15) is 18.1 Å². The largest absolute Gasteiger partial charge is 0.493 e. The number of nitrogens with one attached hydrogen (secondary N) is 1. The molecular formula is C21H18Br2N2O5. The second-order valence-corrected chi connectivity index (χ2v) is 8.06. The van der Waals surface area contributed by atoms with Gasteiger partial charge in [-0.15, -0.1) is 0 Å². The molecule has 1 heterocycles. The van der Waals surface area contributed by atoms with Crippen molar-refractivity contribution in [3.05, 3.63) is 56.0 Å². The number of halogens is 2. The van der Waals surface area contributed by atoms with Crippen LogP contribution in [0, 0.1) is 6.92 Å². The first-order valence-electron chi connectivity index (χ1n) is 8.94. The minimum absolute atomic E-state index is 0.177. The zero-order chi connectivity index (χ0) is 22.0. The molecule has 30 heavy (non-hydrogen) atoms. The van der Waals surface area contributed by atoms with Gasteiger partial charge in [-0.1, -0.05) is 31.9 Å². The standard InChI is InChI=1S/C21H18Br2N2O5/c1-4-30-18-9-12(16(23)10-17(18)29-3)8-14-19(26)24-21(28)25(20(14)27)13-5-6-15(22)11(2)7-13/h5-10H,4H2,1-3H3,(H,24,26,28)/b14-8+. The molecule has 4 amide bonds. The lowest BCUT2D eigenvalue weighted by Gasteiger charge is -2.26. The molecule has 0 aromatic heterocycles. The van der Waals surface area contributed by atoms with Crippen molar-refractivity contribution < 1.29 is 23.9 Å². The lowest BCUT2D eigenvalue weighted by atomic mass is 10.1. The Morgan fingerprint density at radius 1 is 1.07 bits per heavy atom. The highest BCUT2D eigenvalue weighted by Gasteiger charge is 2.37. The first kappa shape index (κ1) is 22.0. The molecule has 0 radical (unpaired) electrons. The third-order valence-electron chi connectivity index (χ3n) is 4.38. The molecule has 0 unspecified atom stereocenters. The van der Waals surface area contributed by atoms with Crippen LogP contribution in [0.5, 0.6) is 11.5 Å². The normalized spacial score (nSPS) is 15.4. The number of barbiturate groups is 1. The van der Waals surface area contributed by atoms with Gasteiger partial charge in [0, 0.05) is 8.95 Å². The van der Waals surface area contributed by atoms with Crippen LogP contribution in [-0.4, -0.2) is 31.6 Å². The maximum Gasteiger partial charge on any atom is 0.335 e. The van der Waals surface area contributed by atoms with E-state index in [0.29, 0.717) is 33.8 Å². The van der Waals surface area contributed by atoms with Gasteiger partial charge in [-0.2, -0.15) is 0 Å². The lowest BCUT2D eigenvalue weighted by molar-refractivity contribution is -0.122. The molecule has 1 fully saturated rings. The molecule has 0 aliphatic carbocycles. The number of ether oxygens (including phenoxy) is 2. The number of methoxy groups -OCH3 is 1. The predicted molar refractivity (Wildman–Crippen MR) is 120 cm³/mol. The number of rotatable bonds is 5. The third-order valence-corrected chi connectivity index (χ3v) is 5.96. The topological polar surface area (TPSA) is 84.9 Å². The van der Waals surface area contributed by atoms with Gasteiger partial charge in [-0.3, -0.25) is 14.9 Å². The van der Waals surface area contributed by atoms with E-state index in [1.54, 1.807) is 30.3 Å². The zero-order valence-corrected chi connectivity index (χ0v) is 19.6. The summed E-state index contributed by atoms with van der Waals surface area (Å²) in [6.07, 6.45) is 1.41. The first-order valence-corrected chi connectivity index (χ1v) is 10.5. The van der Waals surface area contributed by atoms with Gasteiger partial charge in [-0.25, -0.2) is 9.69 Å². The first-order chi connectivity index (χ1) is 14.3. The second kappa shape index (κ2) is 9.01. The Labute approximate surface area is 190 Å². The molecule has 0 spiro atoms. The smallest absolute Gasteiger partial charge is 0.335 e. The number of hydrogen-bond acceptors (Lipinski definition) is 5. The molecule has 0 bridgehead atoms. The maximum absolute atomic E-state index is 13.1. The number of benzene rings is 2. The number of anilines is 1. The van der Waals surface area contributed by atoms with Crippen molar-refractivity contribution in [1.29, 1.82) is 0 Å². The van der Waals surface area contributed by atoms with Crippen LogP contribution in [0.15, 0.2) is 44.9 Å². The van der Waals surface area contributed by atoms with E-state index in [1.165, 1.54) is 13.2 Å². The summed E-state index contributed by atoms with van der Waals surface area (Å²) in [5.74, 6) is -0.510. The summed E-state index contributed by atoms with van der Waals surface area (Å²) >= 11 is 6.81. The van der Waals surface area contributed by atoms with Crippen molar-refractivity contribution >= 4 is 61.5 Å². The van der Waals surface area contributed by atoms with Gasteiger partial charge in [0.05, 0.1) is 19.4 Å². The van der Waals surface area contributed by atoms with Gasteiger partial charge >= 0.3 is 6.03 Å². The van der Waals surface area contributed by atoms with E-state index in [4.69, 9.17) is 9.47 Å². The van der Waals surface area contributed by atoms with Crippen molar-refractivity contribution in [3.63, 3.8) is 0 Å². The molecule has 0 saturated carbocycles. The minimum atomic E-state index is -0.798. The van der Waals surface area contributed by atoms with E-state index in [9.17, 15) is 14.4 Å². The van der Waals surface area contributed by atoms with E-state index in [0.717, 1.165) is 14.9 Å². The molecule has 0 atom stereocenters. The molecule has 7 nitrogen and oxygen atoms in total. The summed E-state index contributed by atoms with van der Waals surface area (Å²) in [5, 5.41) is 2.22. The summed E-state index contributed by atoms with van der Waals surface area (Å²) in [5.41, 5.74) is 1.55. The van der Waals surface area contributed by atoms with Crippen LogP contribution < -0.4 is 19.7 Å². The number of aryl methyl sites for hydroxylation is 1. The van der Waals surface area contributed by atoms with Gasteiger partial charge < -0.3 is 9.47 Å². The molecular weight excluding hydrogens is 520 g/mol. The molecule has 9 heteroatoms. The third kappa shape index (κ3) is 4.27. The summed E-state index contributed by atoms with van der Waals surface area (Å²) in [6, 6.07) is 7.59. The Bertz CT molecular complexity index is 1080. The van der Waals surface area contributed by atoms with E-state index in [2.05, 4.69) is 37.2 Å². The fraction of sp³-hybridized carbons (Fsp3) is 0.190. The quantitative estimate of drug-likeness (QED) is 0.445. The molecule has 3 rings (SSSR count).